The van der Waals surface area contributed by atoms with Crippen molar-refractivity contribution in [2.45, 2.75) is 51.7 Å². The third-order valence-corrected chi connectivity index (χ3v) is 3.79. The van der Waals surface area contributed by atoms with Crippen molar-refractivity contribution in [2.75, 3.05) is 20.1 Å². The predicted octanol–water partition coefficient (Wildman–Crippen LogP) is 1.26. The van der Waals surface area contributed by atoms with Crippen molar-refractivity contribution in [1.29, 1.82) is 0 Å². The molecule has 1 aliphatic heterocycles. The Morgan fingerprint density at radius 2 is 1.88 bits per heavy atom. The third kappa shape index (κ3) is 3.46. The van der Waals surface area contributed by atoms with Crippen LogP contribution in [0.4, 0.5) is 0 Å². The molecule has 0 spiro atoms. The molecular formula is C12H24N2O2. The molecule has 0 bridgehead atoms. The number of hydrogen-bond donors (Lipinski definition) is 1. The molecule has 1 saturated heterocycles. The van der Waals surface area contributed by atoms with Crippen molar-refractivity contribution in [3.63, 3.8) is 0 Å². The van der Waals surface area contributed by atoms with Gasteiger partial charge in [0.25, 0.3) is 0 Å². The van der Waals surface area contributed by atoms with Crippen LogP contribution in [0.15, 0.2) is 0 Å². The zero-order chi connectivity index (χ0) is 12.3. The van der Waals surface area contributed by atoms with E-state index in [-0.39, 0.29) is 6.42 Å². The summed E-state index contributed by atoms with van der Waals surface area (Å²) < 4.78 is 0. The zero-order valence-corrected chi connectivity index (χ0v) is 10.8. The maximum absolute atomic E-state index is 10.5. The van der Waals surface area contributed by atoms with Crippen LogP contribution in [-0.4, -0.2) is 59.1 Å². The SMILES string of the molecule is CC(CCC(=O)O)N1CC(C)N(C)C(C)C1. The maximum atomic E-state index is 10.5. The van der Waals surface area contributed by atoms with Gasteiger partial charge in [-0.15, -0.1) is 0 Å². The van der Waals surface area contributed by atoms with E-state index in [9.17, 15) is 4.79 Å². The molecule has 94 valence electrons. The number of piperazine rings is 1. The van der Waals surface area contributed by atoms with E-state index in [1.165, 1.54) is 0 Å². The molecule has 0 saturated carbocycles. The second-order valence-corrected chi connectivity index (χ2v) is 5.10. The number of hydrogen-bond acceptors (Lipinski definition) is 3. The lowest BCUT2D eigenvalue weighted by Crippen LogP contribution is -2.57. The lowest BCUT2D eigenvalue weighted by atomic mass is 10.0. The Kier molecular flexibility index (Phi) is 4.74. The quantitative estimate of drug-likeness (QED) is 0.787. The van der Waals surface area contributed by atoms with Crippen molar-refractivity contribution in [3.8, 4) is 0 Å². The van der Waals surface area contributed by atoms with E-state index in [4.69, 9.17) is 5.11 Å². The Bertz CT molecular complexity index is 233. The lowest BCUT2D eigenvalue weighted by Gasteiger charge is -2.44. The minimum Gasteiger partial charge on any atom is -0.481 e. The molecule has 0 aromatic heterocycles. The van der Waals surface area contributed by atoms with E-state index < -0.39 is 5.97 Å². The Balaban J connectivity index is 2.44. The number of aliphatic carboxylic acids is 1. The predicted molar refractivity (Wildman–Crippen MR) is 64.6 cm³/mol. The van der Waals surface area contributed by atoms with Crippen LogP contribution in [0.5, 0.6) is 0 Å². The summed E-state index contributed by atoms with van der Waals surface area (Å²) in [7, 11) is 2.16. The van der Waals surface area contributed by atoms with Gasteiger partial charge < -0.3 is 5.11 Å². The van der Waals surface area contributed by atoms with Crippen molar-refractivity contribution < 1.29 is 9.90 Å². The smallest absolute Gasteiger partial charge is 0.303 e. The average Bonchev–Trinajstić information content (AvgIpc) is 2.21. The fourth-order valence-electron chi connectivity index (χ4n) is 2.32. The number of rotatable bonds is 4. The first-order chi connectivity index (χ1) is 7.41. The molecule has 0 aromatic carbocycles. The third-order valence-electron chi connectivity index (χ3n) is 3.79. The fraction of sp³-hybridized carbons (Fsp3) is 0.917. The maximum Gasteiger partial charge on any atom is 0.303 e. The summed E-state index contributed by atoms with van der Waals surface area (Å²) in [4.78, 5) is 15.3. The molecule has 0 amide bonds. The van der Waals surface area contributed by atoms with E-state index in [0.717, 1.165) is 19.5 Å². The molecule has 4 heteroatoms. The summed E-state index contributed by atoms with van der Waals surface area (Å²) in [6.07, 6.45) is 1.02. The van der Waals surface area contributed by atoms with Crippen molar-refractivity contribution in [3.05, 3.63) is 0 Å². The summed E-state index contributed by atoms with van der Waals surface area (Å²) in [5.41, 5.74) is 0. The van der Waals surface area contributed by atoms with E-state index in [0.29, 0.717) is 18.1 Å². The van der Waals surface area contributed by atoms with Crippen molar-refractivity contribution >= 4 is 5.97 Å². The molecular weight excluding hydrogens is 204 g/mol. The summed E-state index contributed by atoms with van der Waals surface area (Å²) in [5, 5.41) is 8.68. The monoisotopic (exact) mass is 228 g/mol. The van der Waals surface area contributed by atoms with Crippen LogP contribution >= 0.6 is 0 Å². The summed E-state index contributed by atoms with van der Waals surface area (Å²) in [5.74, 6) is -0.693. The first kappa shape index (κ1) is 13.5. The molecule has 3 unspecified atom stereocenters. The first-order valence-electron chi connectivity index (χ1n) is 6.09. The van der Waals surface area contributed by atoms with Crippen LogP contribution in [0.2, 0.25) is 0 Å². The van der Waals surface area contributed by atoms with Gasteiger partial charge in [-0.05, 0) is 34.2 Å². The van der Waals surface area contributed by atoms with E-state index >= 15 is 0 Å². The fourth-order valence-corrected chi connectivity index (χ4v) is 2.32. The molecule has 0 aliphatic carbocycles. The average molecular weight is 228 g/mol. The van der Waals surface area contributed by atoms with Gasteiger partial charge in [0, 0.05) is 37.6 Å². The van der Waals surface area contributed by atoms with Gasteiger partial charge in [-0.25, -0.2) is 0 Å². The molecule has 0 radical (unpaired) electrons. The van der Waals surface area contributed by atoms with Gasteiger partial charge in [-0.2, -0.15) is 0 Å². The van der Waals surface area contributed by atoms with Crippen molar-refractivity contribution in [1.82, 2.24) is 9.80 Å². The first-order valence-corrected chi connectivity index (χ1v) is 6.09. The van der Waals surface area contributed by atoms with Gasteiger partial charge in [0.15, 0.2) is 0 Å². The number of nitrogens with zero attached hydrogens (tertiary/aromatic N) is 2. The molecule has 0 aromatic rings. The molecule has 1 heterocycles. The van der Waals surface area contributed by atoms with Crippen LogP contribution in [0, 0.1) is 0 Å². The van der Waals surface area contributed by atoms with Crippen LogP contribution < -0.4 is 0 Å². The normalized spacial score (nSPS) is 30.2. The van der Waals surface area contributed by atoms with Crippen LogP contribution in [0.1, 0.15) is 33.6 Å². The Hall–Kier alpha value is -0.610. The number of carboxylic acid groups (broad SMARTS) is 1. The Morgan fingerprint density at radius 3 is 2.31 bits per heavy atom. The molecule has 1 fully saturated rings. The van der Waals surface area contributed by atoms with Gasteiger partial charge in [-0.1, -0.05) is 0 Å². The molecule has 1 aliphatic rings. The summed E-state index contributed by atoms with van der Waals surface area (Å²) >= 11 is 0. The van der Waals surface area contributed by atoms with Gasteiger partial charge in [0.2, 0.25) is 0 Å². The van der Waals surface area contributed by atoms with Gasteiger partial charge in [0.05, 0.1) is 0 Å². The highest BCUT2D eigenvalue weighted by Crippen LogP contribution is 2.17. The van der Waals surface area contributed by atoms with Gasteiger partial charge in [0.1, 0.15) is 0 Å². The van der Waals surface area contributed by atoms with Crippen LogP contribution in [-0.2, 0) is 4.79 Å². The van der Waals surface area contributed by atoms with E-state index in [1.54, 1.807) is 0 Å². The highest BCUT2D eigenvalue weighted by atomic mass is 16.4. The molecule has 3 atom stereocenters. The Labute approximate surface area is 98.2 Å². The zero-order valence-electron chi connectivity index (χ0n) is 10.8. The second-order valence-electron chi connectivity index (χ2n) is 5.10. The second kappa shape index (κ2) is 5.64. The topological polar surface area (TPSA) is 43.8 Å². The largest absolute Gasteiger partial charge is 0.481 e. The highest BCUT2D eigenvalue weighted by molar-refractivity contribution is 5.66. The van der Waals surface area contributed by atoms with Gasteiger partial charge in [-0.3, -0.25) is 14.6 Å². The summed E-state index contributed by atoms with van der Waals surface area (Å²) in [6.45, 7) is 8.68. The van der Waals surface area contributed by atoms with Crippen LogP contribution in [0.3, 0.4) is 0 Å². The van der Waals surface area contributed by atoms with Crippen molar-refractivity contribution in [2.24, 2.45) is 0 Å². The van der Waals surface area contributed by atoms with E-state index in [2.05, 4.69) is 37.6 Å². The van der Waals surface area contributed by atoms with E-state index in [1.807, 2.05) is 0 Å². The molecule has 1 rings (SSSR count). The standard InChI is InChI=1S/C12H24N2O2/c1-9(5-6-12(15)16)14-7-10(2)13(4)11(3)8-14/h9-11H,5-8H2,1-4H3,(H,15,16). The number of carbonyl (C=O) groups is 1. The molecule has 1 N–H and O–H groups in total. The highest BCUT2D eigenvalue weighted by Gasteiger charge is 2.28. The lowest BCUT2D eigenvalue weighted by molar-refractivity contribution is -0.137. The number of carboxylic acids is 1. The minimum atomic E-state index is -0.693. The minimum absolute atomic E-state index is 0.274. The van der Waals surface area contributed by atoms with Gasteiger partial charge >= 0.3 is 5.97 Å². The molecule has 16 heavy (non-hydrogen) atoms. The number of likely N-dealkylation sites (N-methyl/N-ethyl adjacent to an activating group) is 1. The van der Waals surface area contributed by atoms with Crippen LogP contribution in [0.25, 0.3) is 0 Å². The Morgan fingerprint density at radius 1 is 1.38 bits per heavy atom. The summed E-state index contributed by atoms with van der Waals surface area (Å²) in [6, 6.07) is 1.47. The molecule has 4 nitrogen and oxygen atoms in total.